The smallest absolute Gasteiger partial charge is 0.137 e. The van der Waals surface area contributed by atoms with Crippen LogP contribution in [0.2, 0.25) is 0 Å². The Kier molecular flexibility index (Phi) is 5.22. The molecule has 0 unspecified atom stereocenters. The minimum absolute atomic E-state index is 0.0362. The summed E-state index contributed by atoms with van der Waals surface area (Å²) in [5.74, 6) is 2.30. The minimum Gasteiger partial charge on any atom is -0.492 e. The molecule has 2 fully saturated rings. The van der Waals surface area contributed by atoms with Crippen LogP contribution in [0.25, 0.3) is 0 Å². The van der Waals surface area contributed by atoms with Gasteiger partial charge in [0.2, 0.25) is 0 Å². The van der Waals surface area contributed by atoms with Crippen molar-refractivity contribution in [2.75, 3.05) is 26.3 Å². The summed E-state index contributed by atoms with van der Waals surface area (Å²) in [4.78, 5) is 6.55. The van der Waals surface area contributed by atoms with Gasteiger partial charge in [0.1, 0.15) is 11.5 Å². The lowest BCUT2D eigenvalue weighted by Crippen LogP contribution is -2.47. The summed E-state index contributed by atoms with van der Waals surface area (Å²) in [6.07, 6.45) is 7.88. The maximum atomic E-state index is 6.27. The highest BCUT2D eigenvalue weighted by Crippen LogP contribution is 2.42. The number of likely N-dealkylation sites (tertiary alicyclic amines) is 1. The van der Waals surface area contributed by atoms with Crippen molar-refractivity contribution in [1.29, 1.82) is 0 Å². The highest BCUT2D eigenvalue weighted by atomic mass is 16.5. The summed E-state index contributed by atoms with van der Waals surface area (Å²) in [7, 11) is 0. The second-order valence-electron chi connectivity index (χ2n) is 7.43. The summed E-state index contributed by atoms with van der Waals surface area (Å²) in [6, 6.07) is 5.88. The van der Waals surface area contributed by atoms with Gasteiger partial charge in [-0.05, 0) is 50.7 Å². The van der Waals surface area contributed by atoms with Gasteiger partial charge in [-0.25, -0.2) is 0 Å². The first kappa shape index (κ1) is 17.5. The van der Waals surface area contributed by atoms with Crippen molar-refractivity contribution in [2.45, 2.75) is 44.8 Å². The maximum absolute atomic E-state index is 6.27. The van der Waals surface area contributed by atoms with Crippen molar-refractivity contribution in [3.8, 4) is 5.75 Å². The Bertz CT molecular complexity index is 695. The molecule has 2 saturated heterocycles. The number of pyridine rings is 1. The van der Waals surface area contributed by atoms with E-state index in [0.29, 0.717) is 5.92 Å². The van der Waals surface area contributed by atoms with Gasteiger partial charge in [0.15, 0.2) is 0 Å². The zero-order chi connectivity index (χ0) is 17.8. The molecule has 6 nitrogen and oxygen atoms in total. The van der Waals surface area contributed by atoms with E-state index in [4.69, 9.17) is 14.0 Å². The predicted molar refractivity (Wildman–Crippen MR) is 96.9 cm³/mol. The molecular formula is C20H27N3O3. The first-order valence-electron chi connectivity index (χ1n) is 9.55. The van der Waals surface area contributed by atoms with Crippen molar-refractivity contribution in [3.63, 3.8) is 0 Å². The molecule has 1 atom stereocenters. The van der Waals surface area contributed by atoms with Crippen LogP contribution in [0.5, 0.6) is 5.75 Å². The SMILES string of the molecule is Cc1cc(CN2CCC3(CC2)OCC[C@@H]3CCOc2cccnc2)no1. The fourth-order valence-electron chi connectivity index (χ4n) is 4.31. The summed E-state index contributed by atoms with van der Waals surface area (Å²) in [5, 5.41) is 4.11. The molecule has 0 amide bonds. The molecule has 0 saturated carbocycles. The normalized spacial score (nSPS) is 22.7. The molecule has 4 heterocycles. The van der Waals surface area contributed by atoms with Gasteiger partial charge in [0.05, 0.1) is 24.1 Å². The van der Waals surface area contributed by atoms with Gasteiger partial charge < -0.3 is 14.0 Å². The summed E-state index contributed by atoms with van der Waals surface area (Å²) in [5.41, 5.74) is 1.06. The lowest BCUT2D eigenvalue weighted by atomic mass is 9.78. The Labute approximate surface area is 154 Å². The third-order valence-electron chi connectivity index (χ3n) is 5.73. The van der Waals surface area contributed by atoms with Crippen LogP contribution in [-0.4, -0.2) is 46.9 Å². The van der Waals surface area contributed by atoms with Crippen LogP contribution in [0, 0.1) is 12.8 Å². The average Bonchev–Trinajstić information content (AvgIpc) is 3.25. The lowest BCUT2D eigenvalue weighted by Gasteiger charge is -2.42. The molecule has 2 aliphatic heterocycles. The van der Waals surface area contributed by atoms with E-state index in [0.717, 1.165) is 75.7 Å². The largest absolute Gasteiger partial charge is 0.492 e. The second-order valence-corrected chi connectivity index (χ2v) is 7.43. The Morgan fingerprint density at radius 1 is 1.35 bits per heavy atom. The highest BCUT2D eigenvalue weighted by Gasteiger charge is 2.45. The predicted octanol–water partition coefficient (Wildman–Crippen LogP) is 3.22. The lowest BCUT2D eigenvalue weighted by molar-refractivity contribution is -0.0710. The third-order valence-corrected chi connectivity index (χ3v) is 5.73. The zero-order valence-electron chi connectivity index (χ0n) is 15.4. The molecule has 6 heteroatoms. The van der Waals surface area contributed by atoms with Crippen LogP contribution in [0.4, 0.5) is 0 Å². The molecule has 2 aliphatic rings. The van der Waals surface area contributed by atoms with Crippen LogP contribution in [-0.2, 0) is 11.3 Å². The van der Waals surface area contributed by atoms with E-state index in [-0.39, 0.29) is 5.60 Å². The Hall–Kier alpha value is -1.92. The van der Waals surface area contributed by atoms with Gasteiger partial charge in [-0.15, -0.1) is 0 Å². The quantitative estimate of drug-likeness (QED) is 0.791. The molecule has 140 valence electrons. The number of hydrogen-bond donors (Lipinski definition) is 0. The molecule has 0 bridgehead atoms. The summed E-state index contributed by atoms with van der Waals surface area (Å²) >= 11 is 0. The highest BCUT2D eigenvalue weighted by molar-refractivity contribution is 5.15. The maximum Gasteiger partial charge on any atom is 0.137 e. The van der Waals surface area contributed by atoms with Gasteiger partial charge in [-0.1, -0.05) is 5.16 Å². The Morgan fingerprint density at radius 2 is 2.23 bits per heavy atom. The standard InChI is InChI=1S/C20H27N3O3/c1-16-13-18(22-26-16)15-23-9-6-20(7-10-23)17(5-12-25-20)4-11-24-19-3-2-8-21-14-19/h2-3,8,13-14,17H,4-7,9-12,15H2,1H3/t17-/m0/s1. The monoisotopic (exact) mass is 357 g/mol. The molecule has 4 rings (SSSR count). The van der Waals surface area contributed by atoms with Gasteiger partial charge in [0.25, 0.3) is 0 Å². The van der Waals surface area contributed by atoms with Crippen molar-refractivity contribution in [2.24, 2.45) is 5.92 Å². The van der Waals surface area contributed by atoms with Gasteiger partial charge in [0, 0.05) is 38.5 Å². The molecule has 0 aliphatic carbocycles. The van der Waals surface area contributed by atoms with Crippen molar-refractivity contribution < 1.29 is 14.0 Å². The van der Waals surface area contributed by atoms with E-state index in [1.807, 2.05) is 25.1 Å². The molecular weight excluding hydrogens is 330 g/mol. The Balaban J connectivity index is 1.27. The van der Waals surface area contributed by atoms with E-state index in [9.17, 15) is 0 Å². The number of rotatable bonds is 6. The van der Waals surface area contributed by atoms with E-state index in [2.05, 4.69) is 15.0 Å². The fraction of sp³-hybridized carbons (Fsp3) is 0.600. The van der Waals surface area contributed by atoms with Crippen LogP contribution in [0.15, 0.2) is 35.1 Å². The molecule has 1 spiro atoms. The van der Waals surface area contributed by atoms with Crippen LogP contribution < -0.4 is 4.74 Å². The number of hydrogen-bond acceptors (Lipinski definition) is 6. The first-order chi connectivity index (χ1) is 12.7. The first-order valence-corrected chi connectivity index (χ1v) is 9.55. The number of ether oxygens (including phenoxy) is 2. The van der Waals surface area contributed by atoms with E-state index in [1.165, 1.54) is 0 Å². The molecule has 2 aromatic heterocycles. The van der Waals surface area contributed by atoms with E-state index < -0.39 is 0 Å². The topological polar surface area (TPSA) is 60.6 Å². The molecule has 2 aromatic rings. The van der Waals surface area contributed by atoms with Gasteiger partial charge in [-0.2, -0.15) is 0 Å². The van der Waals surface area contributed by atoms with Crippen molar-refractivity contribution in [1.82, 2.24) is 15.0 Å². The van der Waals surface area contributed by atoms with Crippen LogP contribution in [0.3, 0.4) is 0 Å². The van der Waals surface area contributed by atoms with E-state index >= 15 is 0 Å². The minimum atomic E-state index is 0.0362. The summed E-state index contributed by atoms with van der Waals surface area (Å²) in [6.45, 7) is 6.50. The molecule has 0 radical (unpaired) electrons. The van der Waals surface area contributed by atoms with Gasteiger partial charge >= 0.3 is 0 Å². The average molecular weight is 357 g/mol. The van der Waals surface area contributed by atoms with Crippen molar-refractivity contribution in [3.05, 3.63) is 42.0 Å². The second kappa shape index (κ2) is 7.76. The zero-order valence-corrected chi connectivity index (χ0v) is 15.4. The molecule has 0 N–H and O–H groups in total. The number of piperidine rings is 1. The Morgan fingerprint density at radius 3 is 2.96 bits per heavy atom. The molecule has 0 aromatic carbocycles. The van der Waals surface area contributed by atoms with Crippen molar-refractivity contribution >= 4 is 0 Å². The van der Waals surface area contributed by atoms with Crippen LogP contribution in [0.1, 0.15) is 37.1 Å². The van der Waals surface area contributed by atoms with Crippen LogP contribution >= 0.6 is 0 Å². The van der Waals surface area contributed by atoms with Gasteiger partial charge in [-0.3, -0.25) is 9.88 Å². The fourth-order valence-corrected chi connectivity index (χ4v) is 4.31. The third kappa shape index (κ3) is 3.91. The number of aromatic nitrogens is 2. The number of nitrogens with zero attached hydrogens (tertiary/aromatic N) is 3. The summed E-state index contributed by atoms with van der Waals surface area (Å²) < 4.78 is 17.3. The van der Waals surface area contributed by atoms with E-state index in [1.54, 1.807) is 12.4 Å². The number of aryl methyl sites for hydroxylation is 1. The molecule has 26 heavy (non-hydrogen) atoms.